The first-order chi connectivity index (χ1) is 39.5. The molecule has 0 bridgehead atoms. The number of nitrogens with zero attached hydrogens (tertiary/aromatic N) is 4. The van der Waals surface area contributed by atoms with Crippen molar-refractivity contribution in [2.24, 2.45) is 24.8 Å². The third-order valence-electron chi connectivity index (χ3n) is 19.0. The second-order valence-electron chi connectivity index (χ2n) is 26.2. The van der Waals surface area contributed by atoms with Gasteiger partial charge in [0.05, 0.1) is 47.6 Å². The normalized spacial score (nSPS) is 35.6. The summed E-state index contributed by atoms with van der Waals surface area (Å²) in [7, 11) is 7.20. The molecule has 17 nitrogen and oxygen atoms in total. The molecule has 4 heterocycles. The molecule has 3 aromatic rings. The van der Waals surface area contributed by atoms with Crippen LogP contribution in [0.5, 0.6) is 0 Å². The standard InChI is InChI=1S/C65H106ClN4O13P/c1-15-53-65(10,77)58(73)47(6)70(54(71)35-29-21-19-17-16-18-20-22-30-36-84(66,49-31-25-23-26-32-49,50-33-27-24-28-34-50)51-40-67-69(13)42-51)41-43(2)38-63(8,76)60(83-62-56(72)52(68(11)12)37-44(3)79-62)45(4)57(46(5)61(75)81-53)82-55-39-64(9,78-14)59(74)48(7)80-55/h23-28,31-34,40,42-48,52-53,55-60,62,72-74,76-77H,15-22,29-30,35-39,41H2,1-14H3/t43-,44-,45+,46-,47-,48+,52+,53-,55+,56-,57+,58-,59+,60-,62+,63-,64-,65-/m1/s1. The van der Waals surface area contributed by atoms with Crippen LogP contribution < -0.4 is 15.9 Å². The smallest absolute Gasteiger partial charge is 0.126 e. The average molecular weight is 1220 g/mol. The Morgan fingerprint density at radius 1 is 0.810 bits per heavy atom. The van der Waals surface area contributed by atoms with Crippen LogP contribution in [0.4, 0.5) is 0 Å². The number of aromatic nitrogens is 2. The van der Waals surface area contributed by atoms with Crippen LogP contribution in [-0.2, 0) is 45.1 Å². The van der Waals surface area contributed by atoms with E-state index >= 15 is 0 Å². The Balaban J connectivity index is 1.16. The van der Waals surface area contributed by atoms with Crippen LogP contribution in [0.2, 0.25) is 0 Å². The van der Waals surface area contributed by atoms with E-state index in [0.29, 0.717) is 12.8 Å². The Bertz CT molecular complexity index is 2470. The Hall–Kier alpha value is -3.13. The summed E-state index contributed by atoms with van der Waals surface area (Å²) in [6, 6.07) is 19.8. The minimum absolute atomic E-state index is 0.0634. The molecule has 18 atom stereocenters. The van der Waals surface area contributed by atoms with Gasteiger partial charge in [-0.2, -0.15) is 0 Å². The fourth-order valence-corrected chi connectivity index (χ4v) is 19.9. The van der Waals surface area contributed by atoms with Gasteiger partial charge >= 0.3 is 205 Å². The van der Waals surface area contributed by atoms with Crippen LogP contribution in [0.25, 0.3) is 0 Å². The van der Waals surface area contributed by atoms with Gasteiger partial charge in [-0.25, -0.2) is 0 Å². The first kappa shape index (κ1) is 70.0. The number of methoxy groups -OCH3 is 1. The first-order valence-electron chi connectivity index (χ1n) is 31.2. The third-order valence-corrected chi connectivity index (χ3v) is 26.5. The van der Waals surface area contributed by atoms with Crippen molar-refractivity contribution >= 4 is 45.0 Å². The van der Waals surface area contributed by atoms with E-state index < -0.39 is 108 Å². The summed E-state index contributed by atoms with van der Waals surface area (Å²) in [5, 5.41) is 68.5. The zero-order valence-electron chi connectivity index (χ0n) is 53.0. The number of benzene rings is 2. The van der Waals surface area contributed by atoms with Gasteiger partial charge in [0.1, 0.15) is 30.0 Å². The van der Waals surface area contributed by atoms with Gasteiger partial charge in [0, 0.05) is 32.0 Å². The molecule has 0 aliphatic carbocycles. The number of halogens is 1. The molecule has 3 aliphatic rings. The molecule has 6 rings (SSSR count). The molecule has 19 heteroatoms. The van der Waals surface area contributed by atoms with Crippen molar-refractivity contribution in [2.75, 3.05) is 33.9 Å². The molecule has 3 saturated heterocycles. The number of hydrogen-bond donors (Lipinski definition) is 5. The van der Waals surface area contributed by atoms with Crippen LogP contribution in [-0.4, -0.2) is 181 Å². The van der Waals surface area contributed by atoms with Gasteiger partial charge in [-0.3, -0.25) is 9.59 Å². The van der Waals surface area contributed by atoms with E-state index in [1.165, 1.54) is 14.0 Å². The zero-order chi connectivity index (χ0) is 62.0. The zero-order valence-corrected chi connectivity index (χ0v) is 54.7. The second-order valence-corrected chi connectivity index (χ2v) is 32.8. The van der Waals surface area contributed by atoms with E-state index in [0.717, 1.165) is 73.4 Å². The van der Waals surface area contributed by atoms with E-state index in [4.69, 9.17) is 39.7 Å². The number of ether oxygens (including phenoxy) is 6. The van der Waals surface area contributed by atoms with Gasteiger partial charge < -0.3 is 63.8 Å². The summed E-state index contributed by atoms with van der Waals surface area (Å²) >= 11 is 8.27. The van der Waals surface area contributed by atoms with Gasteiger partial charge in [-0.05, 0) is 87.7 Å². The van der Waals surface area contributed by atoms with Crippen molar-refractivity contribution < 1.29 is 63.5 Å². The van der Waals surface area contributed by atoms with Crippen molar-refractivity contribution in [1.29, 1.82) is 0 Å². The van der Waals surface area contributed by atoms with Gasteiger partial charge in [-0.1, -0.05) is 20.8 Å². The topological polar surface area (TPSA) is 215 Å². The van der Waals surface area contributed by atoms with Crippen molar-refractivity contribution in [1.82, 2.24) is 19.6 Å². The molecule has 3 aliphatic heterocycles. The molecule has 1 aromatic heterocycles. The van der Waals surface area contributed by atoms with E-state index in [9.17, 15) is 35.1 Å². The van der Waals surface area contributed by atoms with Crippen molar-refractivity contribution in [3.63, 3.8) is 0 Å². The largest absolute Gasteiger partial charge is 0.388 e. The minimum atomic E-state index is -3.36. The number of aliphatic hydroxyl groups excluding tert-OH is 3. The van der Waals surface area contributed by atoms with Crippen molar-refractivity contribution in [2.45, 2.75) is 249 Å². The number of aryl methyl sites for hydroxylation is 1. The predicted molar refractivity (Wildman–Crippen MR) is 332 cm³/mol. The average Bonchev–Trinajstić information content (AvgIpc) is 1.17. The van der Waals surface area contributed by atoms with Crippen LogP contribution in [0.3, 0.4) is 0 Å². The summed E-state index contributed by atoms with van der Waals surface area (Å²) in [6.07, 6.45) is 4.21. The number of amides is 1. The van der Waals surface area contributed by atoms with Crippen LogP contribution in [0, 0.1) is 17.8 Å². The molecular formula is C65H106ClN4O13P. The van der Waals surface area contributed by atoms with E-state index in [1.807, 2.05) is 62.9 Å². The van der Waals surface area contributed by atoms with E-state index in [1.54, 1.807) is 53.4 Å². The molecule has 2 aromatic carbocycles. The summed E-state index contributed by atoms with van der Waals surface area (Å²) in [6.45, 7) is 17.4. The van der Waals surface area contributed by atoms with Gasteiger partial charge in [0.25, 0.3) is 0 Å². The van der Waals surface area contributed by atoms with Crippen molar-refractivity contribution in [3.05, 3.63) is 73.1 Å². The second kappa shape index (κ2) is 29.9. The fraction of sp³-hybridized carbons (Fsp3) is 0.738. The number of carbonyl (C=O) groups is 2. The van der Waals surface area contributed by atoms with Gasteiger partial charge in [0.2, 0.25) is 0 Å². The molecule has 3 fully saturated rings. The number of carbonyl (C=O) groups excluding carboxylic acids is 2. The van der Waals surface area contributed by atoms with Crippen LogP contribution >= 0.6 is 17.2 Å². The third kappa shape index (κ3) is 16.0. The van der Waals surface area contributed by atoms with Crippen molar-refractivity contribution in [3.8, 4) is 0 Å². The summed E-state index contributed by atoms with van der Waals surface area (Å²) < 4.78 is 40.1. The fourth-order valence-electron chi connectivity index (χ4n) is 13.9. The number of cyclic esters (lactones) is 1. The Morgan fingerprint density at radius 2 is 1.38 bits per heavy atom. The Morgan fingerprint density at radius 3 is 1.92 bits per heavy atom. The molecule has 0 radical (unpaired) electrons. The molecule has 5 N–H and O–H groups in total. The summed E-state index contributed by atoms with van der Waals surface area (Å²) in [4.78, 5) is 32.9. The first-order valence-corrected chi connectivity index (χ1v) is 34.5. The number of aliphatic hydroxyl groups is 5. The Kier molecular flexibility index (Phi) is 24.9. The Labute approximate surface area is 507 Å². The maximum Gasteiger partial charge on any atom is 0.126 e. The van der Waals surface area contributed by atoms with Gasteiger partial charge in [0.15, 0.2) is 12.6 Å². The molecule has 0 unspecified atom stereocenters. The van der Waals surface area contributed by atoms with Crippen LogP contribution in [0.1, 0.15) is 159 Å². The number of hydrogen-bond acceptors (Lipinski definition) is 15. The summed E-state index contributed by atoms with van der Waals surface area (Å²) in [5.41, 5.74) is -4.82. The molecule has 84 heavy (non-hydrogen) atoms. The maximum absolute atomic E-state index is 14.7. The molecule has 0 spiro atoms. The van der Waals surface area contributed by atoms with Gasteiger partial charge in [-0.15, -0.1) is 0 Å². The summed E-state index contributed by atoms with van der Waals surface area (Å²) in [5.74, 6) is -6.68. The number of likely N-dealkylation sites (N-methyl/N-ethyl adjacent to an activating group) is 1. The maximum atomic E-state index is 14.7. The molecular weight excluding hydrogens is 1110 g/mol. The molecule has 1 amide bonds. The minimum Gasteiger partial charge on any atom is -0.388 e. The van der Waals surface area contributed by atoms with Crippen LogP contribution in [0.15, 0.2) is 73.1 Å². The SMILES string of the molecule is CC[C@H]1OC(=O)[C@H](C)[C@@H](O[C@H]2C[C@@](C)(OC)[C@@H](O)[C@H](C)O2)[C@H](C)[C@@H](O[C@@H]2O[C@H](C)C[C@H](N(C)C)[C@H]2O)[C@](C)(O)C[C@@H](C)CN(C(=O)CCCCCCCCCCCP(Cl)(c2ccccc2)(c2ccccc2)c2cnn(C)c2)[C@H](C)[C@@H](O)[C@]1(C)O. The van der Waals surface area contributed by atoms with E-state index in [2.05, 4.69) is 59.8 Å². The molecule has 0 saturated carbocycles. The molecule has 476 valence electrons. The number of rotatable bonds is 22. The predicted octanol–water partition coefficient (Wildman–Crippen LogP) is 8.12. The van der Waals surface area contributed by atoms with E-state index in [-0.39, 0.29) is 50.3 Å². The monoisotopic (exact) mass is 1220 g/mol. The number of esters is 1. The quantitative estimate of drug-likeness (QED) is 0.0365. The number of unbranched alkanes of at least 4 members (excludes halogenated alkanes) is 8.